The van der Waals surface area contributed by atoms with E-state index in [0.29, 0.717) is 30.3 Å². The van der Waals surface area contributed by atoms with Gasteiger partial charge < -0.3 is 9.84 Å². The molecule has 25 heavy (non-hydrogen) atoms. The summed E-state index contributed by atoms with van der Waals surface area (Å²) in [6, 6.07) is 11.2. The Morgan fingerprint density at radius 2 is 1.88 bits per heavy atom. The van der Waals surface area contributed by atoms with Crippen molar-refractivity contribution >= 4 is 0 Å². The first-order valence-electron chi connectivity index (χ1n) is 9.46. The molecule has 0 radical (unpaired) electrons. The van der Waals surface area contributed by atoms with E-state index in [1.807, 2.05) is 0 Å². The van der Waals surface area contributed by atoms with Gasteiger partial charge in [0.15, 0.2) is 5.82 Å². The Balaban J connectivity index is 1.51. The Kier molecular flexibility index (Phi) is 6.21. The lowest BCUT2D eigenvalue weighted by Gasteiger charge is -2.41. The fourth-order valence-corrected chi connectivity index (χ4v) is 3.94. The monoisotopic (exact) mass is 342 g/mol. The highest BCUT2D eigenvalue weighted by atomic mass is 16.5. The zero-order chi connectivity index (χ0) is 17.6. The predicted molar refractivity (Wildman–Crippen MR) is 99.0 cm³/mol. The molecule has 5 heteroatoms. The van der Waals surface area contributed by atoms with Gasteiger partial charge in [-0.2, -0.15) is 4.98 Å². The normalized spacial score (nSPS) is 22.4. The van der Waals surface area contributed by atoms with E-state index in [4.69, 9.17) is 4.52 Å². The summed E-state index contributed by atoms with van der Waals surface area (Å²) in [7, 11) is 0. The summed E-state index contributed by atoms with van der Waals surface area (Å²) >= 11 is 0. The van der Waals surface area contributed by atoms with E-state index in [2.05, 4.69) is 71.5 Å². The lowest BCUT2D eigenvalue weighted by molar-refractivity contribution is 0.0923. The minimum atomic E-state index is 0.480. The van der Waals surface area contributed by atoms with E-state index in [-0.39, 0.29) is 0 Å². The third-order valence-electron chi connectivity index (χ3n) is 5.04. The molecule has 3 rings (SSSR count). The molecule has 0 saturated carbocycles. The third-order valence-corrected chi connectivity index (χ3v) is 5.04. The average molecular weight is 342 g/mol. The minimum absolute atomic E-state index is 0.480. The molecule has 1 fully saturated rings. The quantitative estimate of drug-likeness (QED) is 0.837. The summed E-state index contributed by atoms with van der Waals surface area (Å²) in [6.07, 6.45) is 1.93. The number of aromatic nitrogens is 2. The number of nitrogens with zero attached hydrogens (tertiary/aromatic N) is 3. The maximum absolute atomic E-state index is 5.34. The van der Waals surface area contributed by atoms with Gasteiger partial charge in [0.2, 0.25) is 5.89 Å². The Morgan fingerprint density at radius 1 is 1.16 bits per heavy atom. The van der Waals surface area contributed by atoms with Crippen molar-refractivity contribution in [3.05, 3.63) is 47.6 Å². The molecule has 0 bridgehead atoms. The fourth-order valence-electron chi connectivity index (χ4n) is 3.94. The van der Waals surface area contributed by atoms with Crippen LogP contribution in [0.5, 0.6) is 0 Å². The zero-order valence-electron chi connectivity index (χ0n) is 15.6. The van der Waals surface area contributed by atoms with Crippen molar-refractivity contribution in [2.24, 2.45) is 11.8 Å². The molecular weight excluding hydrogens is 312 g/mol. The molecule has 1 aliphatic rings. The van der Waals surface area contributed by atoms with Crippen LogP contribution >= 0.6 is 0 Å². The van der Waals surface area contributed by atoms with E-state index in [9.17, 15) is 0 Å². The molecule has 5 nitrogen and oxygen atoms in total. The van der Waals surface area contributed by atoms with Gasteiger partial charge in [0.25, 0.3) is 0 Å². The van der Waals surface area contributed by atoms with Crippen molar-refractivity contribution in [3.8, 4) is 0 Å². The van der Waals surface area contributed by atoms with Crippen LogP contribution in [0.4, 0.5) is 0 Å². The van der Waals surface area contributed by atoms with E-state index in [1.165, 1.54) is 5.56 Å². The highest BCUT2D eigenvalue weighted by Crippen LogP contribution is 2.24. The maximum atomic E-state index is 5.34. The number of hydrogen-bond acceptors (Lipinski definition) is 5. The van der Waals surface area contributed by atoms with Gasteiger partial charge in [-0.3, -0.25) is 4.90 Å². The van der Waals surface area contributed by atoms with Gasteiger partial charge in [-0.15, -0.1) is 0 Å². The van der Waals surface area contributed by atoms with Crippen molar-refractivity contribution in [2.45, 2.75) is 52.7 Å². The highest BCUT2D eigenvalue weighted by molar-refractivity contribution is 5.14. The van der Waals surface area contributed by atoms with Crippen LogP contribution < -0.4 is 5.32 Å². The number of nitrogens with one attached hydrogen (secondary N) is 1. The van der Waals surface area contributed by atoms with Crippen LogP contribution in [-0.2, 0) is 19.5 Å². The summed E-state index contributed by atoms with van der Waals surface area (Å²) < 4.78 is 5.34. The van der Waals surface area contributed by atoms with Crippen molar-refractivity contribution < 1.29 is 4.52 Å². The Bertz CT molecular complexity index is 630. The van der Waals surface area contributed by atoms with Gasteiger partial charge in [-0.1, -0.05) is 56.3 Å². The lowest BCUT2D eigenvalue weighted by atomic mass is 9.85. The van der Waals surface area contributed by atoms with Crippen molar-refractivity contribution in [2.75, 3.05) is 13.1 Å². The summed E-state index contributed by atoms with van der Waals surface area (Å²) in [6.45, 7) is 10.7. The number of rotatable bonds is 7. The Morgan fingerprint density at radius 3 is 2.56 bits per heavy atom. The molecule has 2 aromatic rings. The number of aryl methyl sites for hydroxylation is 1. The fraction of sp³-hybridized carbons (Fsp3) is 0.600. The van der Waals surface area contributed by atoms with E-state index < -0.39 is 0 Å². The van der Waals surface area contributed by atoms with Gasteiger partial charge in [0.1, 0.15) is 0 Å². The molecule has 0 aliphatic carbocycles. The molecule has 1 aromatic carbocycles. The average Bonchev–Trinajstić information content (AvgIpc) is 3.03. The van der Waals surface area contributed by atoms with E-state index >= 15 is 0 Å². The van der Waals surface area contributed by atoms with E-state index in [0.717, 1.165) is 38.3 Å². The van der Waals surface area contributed by atoms with Crippen LogP contribution in [0.3, 0.4) is 0 Å². The first kappa shape index (κ1) is 18.1. The maximum Gasteiger partial charge on any atom is 0.240 e. The van der Waals surface area contributed by atoms with Gasteiger partial charge in [0.05, 0.1) is 6.54 Å². The smallest absolute Gasteiger partial charge is 0.240 e. The van der Waals surface area contributed by atoms with Gasteiger partial charge in [-0.05, 0) is 23.8 Å². The number of hydrogen-bond donors (Lipinski definition) is 1. The SMILES string of the molecule is CCCc1noc(CNC2[C@H](C)CN(Cc3ccccc3)C[C@H]2C)n1. The van der Waals surface area contributed by atoms with Crippen molar-refractivity contribution in [1.82, 2.24) is 20.4 Å². The van der Waals surface area contributed by atoms with Gasteiger partial charge >= 0.3 is 0 Å². The number of benzene rings is 1. The summed E-state index contributed by atoms with van der Waals surface area (Å²) in [5.41, 5.74) is 1.39. The standard InChI is InChI=1S/C20H30N4O/c1-4-8-18-22-19(25-23-18)11-21-20-15(2)12-24(13-16(20)3)14-17-9-6-5-7-10-17/h5-7,9-10,15-16,20-21H,4,8,11-14H2,1-3H3/t15-,16-/m1/s1. The van der Waals surface area contributed by atoms with Crippen LogP contribution in [-0.4, -0.2) is 34.2 Å². The van der Waals surface area contributed by atoms with Crippen molar-refractivity contribution in [1.29, 1.82) is 0 Å². The van der Waals surface area contributed by atoms with Crippen LogP contribution in [0.1, 0.15) is 44.5 Å². The molecule has 1 aromatic heterocycles. The second-order valence-corrected chi connectivity index (χ2v) is 7.40. The molecule has 0 spiro atoms. The minimum Gasteiger partial charge on any atom is -0.338 e. The molecule has 136 valence electrons. The van der Waals surface area contributed by atoms with Gasteiger partial charge in [-0.25, -0.2) is 0 Å². The largest absolute Gasteiger partial charge is 0.338 e. The van der Waals surface area contributed by atoms with Crippen LogP contribution in [0, 0.1) is 11.8 Å². The molecular formula is C20H30N4O. The second kappa shape index (κ2) is 8.59. The molecule has 0 amide bonds. The second-order valence-electron chi connectivity index (χ2n) is 7.40. The van der Waals surface area contributed by atoms with Crippen LogP contribution in [0.15, 0.2) is 34.9 Å². The Labute approximate surface area is 150 Å². The van der Waals surface area contributed by atoms with E-state index in [1.54, 1.807) is 0 Å². The topological polar surface area (TPSA) is 54.2 Å². The molecule has 1 aliphatic heterocycles. The first-order valence-corrected chi connectivity index (χ1v) is 9.46. The molecule has 1 saturated heterocycles. The number of likely N-dealkylation sites (tertiary alicyclic amines) is 1. The zero-order valence-corrected chi connectivity index (χ0v) is 15.6. The summed E-state index contributed by atoms with van der Waals surface area (Å²) in [5, 5.41) is 7.69. The van der Waals surface area contributed by atoms with Crippen LogP contribution in [0.2, 0.25) is 0 Å². The van der Waals surface area contributed by atoms with Gasteiger partial charge in [0, 0.05) is 32.1 Å². The lowest BCUT2D eigenvalue weighted by Crippen LogP contribution is -2.52. The number of piperidine rings is 1. The Hall–Kier alpha value is -1.72. The molecule has 2 atom stereocenters. The summed E-state index contributed by atoms with van der Waals surface area (Å²) in [5.74, 6) is 2.70. The molecule has 0 unspecified atom stereocenters. The first-order chi connectivity index (χ1) is 12.2. The van der Waals surface area contributed by atoms with Crippen LogP contribution in [0.25, 0.3) is 0 Å². The predicted octanol–water partition coefficient (Wildman–Crippen LogP) is 3.27. The highest BCUT2D eigenvalue weighted by Gasteiger charge is 2.31. The third kappa shape index (κ3) is 4.89. The summed E-state index contributed by atoms with van der Waals surface area (Å²) in [4.78, 5) is 7.02. The molecule has 1 N–H and O–H groups in total. The molecule has 2 heterocycles. The van der Waals surface area contributed by atoms with Crippen molar-refractivity contribution in [3.63, 3.8) is 0 Å².